The molecule has 0 saturated heterocycles. The first-order chi connectivity index (χ1) is 8.34. The fourth-order valence-corrected chi connectivity index (χ4v) is 2.53. The highest BCUT2D eigenvalue weighted by molar-refractivity contribution is 5.90. The van der Waals surface area contributed by atoms with E-state index >= 15 is 0 Å². The number of hydrogen-bond donors (Lipinski definition) is 2. The number of hydrogen-bond acceptors (Lipinski definition) is 3. The molecule has 0 spiro atoms. The summed E-state index contributed by atoms with van der Waals surface area (Å²) in [6.07, 6.45) is 4.63. The molecule has 0 bridgehead atoms. The minimum absolute atomic E-state index is 0.181. The average molecular weight is 228 g/mol. The van der Waals surface area contributed by atoms with E-state index in [0.29, 0.717) is 0 Å². The Morgan fingerprint density at radius 2 is 2.06 bits per heavy atom. The molecule has 3 rings (SSSR count). The lowest BCUT2D eigenvalue weighted by Crippen LogP contribution is -2.27. The van der Waals surface area contributed by atoms with Gasteiger partial charge in [0.15, 0.2) is 0 Å². The molecule has 88 valence electrons. The van der Waals surface area contributed by atoms with Crippen molar-refractivity contribution in [1.82, 2.24) is 4.98 Å². The number of rotatable bonds is 2. The zero-order valence-electron chi connectivity index (χ0n) is 9.63. The lowest BCUT2D eigenvalue weighted by atomic mass is 10.1. The third kappa shape index (κ3) is 1.98. The molecule has 1 fully saturated rings. The van der Waals surface area contributed by atoms with E-state index in [9.17, 15) is 5.11 Å². The molecule has 3 heteroatoms. The van der Waals surface area contributed by atoms with E-state index in [2.05, 4.69) is 16.4 Å². The molecule has 0 unspecified atom stereocenters. The maximum atomic E-state index is 9.84. The first kappa shape index (κ1) is 10.5. The Morgan fingerprint density at radius 1 is 1.18 bits per heavy atom. The van der Waals surface area contributed by atoms with E-state index in [1.807, 2.05) is 30.5 Å². The van der Waals surface area contributed by atoms with Crippen LogP contribution in [0.25, 0.3) is 10.9 Å². The number of aromatic nitrogens is 1. The van der Waals surface area contributed by atoms with E-state index < -0.39 is 0 Å². The summed E-state index contributed by atoms with van der Waals surface area (Å²) in [6, 6.07) is 10.2. The number of nitrogens with zero attached hydrogens (tertiary/aromatic N) is 1. The molecule has 0 amide bonds. The normalized spacial score (nSPS) is 24.1. The monoisotopic (exact) mass is 228 g/mol. The van der Waals surface area contributed by atoms with Crippen LogP contribution in [0, 0.1) is 0 Å². The van der Waals surface area contributed by atoms with Gasteiger partial charge in [-0.1, -0.05) is 18.2 Å². The van der Waals surface area contributed by atoms with Crippen molar-refractivity contribution in [2.45, 2.75) is 31.4 Å². The van der Waals surface area contributed by atoms with Gasteiger partial charge in [0.1, 0.15) is 0 Å². The number of aliphatic hydroxyl groups is 1. The van der Waals surface area contributed by atoms with Gasteiger partial charge >= 0.3 is 0 Å². The predicted molar refractivity (Wildman–Crippen MR) is 69.0 cm³/mol. The molecular formula is C14H16N2O. The fourth-order valence-electron chi connectivity index (χ4n) is 2.53. The van der Waals surface area contributed by atoms with Crippen LogP contribution in [0.2, 0.25) is 0 Å². The molecule has 2 N–H and O–H groups in total. The summed E-state index contributed by atoms with van der Waals surface area (Å²) in [5, 5.41) is 14.4. The zero-order valence-corrected chi connectivity index (χ0v) is 9.63. The molecular weight excluding hydrogens is 212 g/mol. The molecule has 1 aliphatic rings. The summed E-state index contributed by atoms with van der Waals surface area (Å²) in [7, 11) is 0. The number of para-hydroxylation sites is 1. The Labute approximate surface area is 100 Å². The number of benzene rings is 1. The Kier molecular flexibility index (Phi) is 2.69. The molecule has 1 aromatic carbocycles. The smallest absolute Gasteiger partial charge is 0.0741 e. The number of anilines is 1. The van der Waals surface area contributed by atoms with Crippen LogP contribution in [-0.4, -0.2) is 22.2 Å². The topological polar surface area (TPSA) is 45.1 Å². The molecule has 1 aromatic heterocycles. The van der Waals surface area contributed by atoms with Gasteiger partial charge in [-0.2, -0.15) is 0 Å². The summed E-state index contributed by atoms with van der Waals surface area (Å²) in [5.41, 5.74) is 2.06. The molecule has 3 nitrogen and oxygen atoms in total. The van der Waals surface area contributed by atoms with Crippen LogP contribution in [0.1, 0.15) is 19.3 Å². The van der Waals surface area contributed by atoms with Gasteiger partial charge in [0.2, 0.25) is 0 Å². The first-order valence-corrected chi connectivity index (χ1v) is 6.13. The molecule has 2 atom stereocenters. The summed E-state index contributed by atoms with van der Waals surface area (Å²) < 4.78 is 0. The van der Waals surface area contributed by atoms with Crippen molar-refractivity contribution < 1.29 is 5.11 Å². The van der Waals surface area contributed by atoms with E-state index in [4.69, 9.17) is 0 Å². The average Bonchev–Trinajstić information content (AvgIpc) is 2.76. The van der Waals surface area contributed by atoms with Crippen LogP contribution in [-0.2, 0) is 0 Å². The largest absolute Gasteiger partial charge is 0.391 e. The second kappa shape index (κ2) is 4.34. The zero-order chi connectivity index (χ0) is 11.7. The fraction of sp³-hybridized carbons (Fsp3) is 0.357. The van der Waals surface area contributed by atoms with Crippen molar-refractivity contribution >= 4 is 16.6 Å². The van der Waals surface area contributed by atoms with Crippen molar-refractivity contribution in [3.63, 3.8) is 0 Å². The van der Waals surface area contributed by atoms with Gasteiger partial charge < -0.3 is 10.4 Å². The molecule has 17 heavy (non-hydrogen) atoms. The van der Waals surface area contributed by atoms with Crippen molar-refractivity contribution in [2.24, 2.45) is 0 Å². The van der Waals surface area contributed by atoms with Crippen LogP contribution in [0.3, 0.4) is 0 Å². The Hall–Kier alpha value is -1.61. The lowest BCUT2D eigenvalue weighted by Gasteiger charge is -2.18. The molecule has 1 aliphatic carbocycles. The van der Waals surface area contributed by atoms with E-state index in [1.54, 1.807) is 0 Å². The second-order valence-electron chi connectivity index (χ2n) is 4.62. The van der Waals surface area contributed by atoms with Crippen molar-refractivity contribution in [1.29, 1.82) is 0 Å². The van der Waals surface area contributed by atoms with Gasteiger partial charge in [0.25, 0.3) is 0 Å². The van der Waals surface area contributed by atoms with E-state index in [-0.39, 0.29) is 12.1 Å². The summed E-state index contributed by atoms with van der Waals surface area (Å²) in [6.45, 7) is 0. The first-order valence-electron chi connectivity index (χ1n) is 6.13. The number of aliphatic hydroxyl groups excluding tert-OH is 1. The summed E-state index contributed by atoms with van der Waals surface area (Å²) in [5.74, 6) is 0. The third-order valence-electron chi connectivity index (χ3n) is 3.47. The number of fused-ring (bicyclic) bond motifs is 1. The van der Waals surface area contributed by atoms with Gasteiger partial charge in [-0.3, -0.25) is 4.98 Å². The Morgan fingerprint density at radius 3 is 2.88 bits per heavy atom. The van der Waals surface area contributed by atoms with Gasteiger partial charge in [-0.25, -0.2) is 0 Å². The maximum absolute atomic E-state index is 9.84. The van der Waals surface area contributed by atoms with Crippen LogP contribution in [0.4, 0.5) is 5.69 Å². The van der Waals surface area contributed by atoms with Crippen LogP contribution in [0.5, 0.6) is 0 Å². The standard InChI is InChI=1S/C14H16N2O/c17-14-7-3-6-13(14)16-12-8-9-15-11-5-2-1-4-10(11)12/h1-2,4-5,8-9,13-14,17H,3,6-7H2,(H,15,16)/t13-,14+/m0/s1. The summed E-state index contributed by atoms with van der Waals surface area (Å²) in [4.78, 5) is 4.33. The molecule has 1 saturated carbocycles. The molecule has 0 aliphatic heterocycles. The van der Waals surface area contributed by atoms with Crippen molar-refractivity contribution in [2.75, 3.05) is 5.32 Å². The minimum atomic E-state index is -0.220. The number of nitrogens with one attached hydrogen (secondary N) is 1. The highest BCUT2D eigenvalue weighted by Crippen LogP contribution is 2.26. The Bertz CT molecular complexity index is 521. The molecule has 0 radical (unpaired) electrons. The quantitative estimate of drug-likeness (QED) is 0.830. The maximum Gasteiger partial charge on any atom is 0.0741 e. The van der Waals surface area contributed by atoms with Crippen LogP contribution < -0.4 is 5.32 Å². The van der Waals surface area contributed by atoms with E-state index in [0.717, 1.165) is 35.9 Å². The third-order valence-corrected chi connectivity index (χ3v) is 3.47. The van der Waals surface area contributed by atoms with Crippen molar-refractivity contribution in [3.05, 3.63) is 36.5 Å². The van der Waals surface area contributed by atoms with Gasteiger partial charge in [-0.15, -0.1) is 0 Å². The SMILES string of the molecule is O[C@@H]1CCC[C@@H]1Nc1ccnc2ccccc12. The Balaban J connectivity index is 1.94. The van der Waals surface area contributed by atoms with Crippen LogP contribution in [0.15, 0.2) is 36.5 Å². The highest BCUT2D eigenvalue weighted by atomic mass is 16.3. The van der Waals surface area contributed by atoms with Gasteiger partial charge in [0, 0.05) is 17.3 Å². The van der Waals surface area contributed by atoms with Gasteiger partial charge in [0.05, 0.1) is 17.7 Å². The van der Waals surface area contributed by atoms with Gasteiger partial charge in [-0.05, 0) is 31.4 Å². The van der Waals surface area contributed by atoms with Crippen LogP contribution >= 0.6 is 0 Å². The summed E-state index contributed by atoms with van der Waals surface area (Å²) >= 11 is 0. The predicted octanol–water partition coefficient (Wildman–Crippen LogP) is 2.56. The second-order valence-corrected chi connectivity index (χ2v) is 4.62. The molecule has 2 aromatic rings. The number of pyridine rings is 1. The lowest BCUT2D eigenvalue weighted by molar-refractivity contribution is 0.172. The van der Waals surface area contributed by atoms with Crippen molar-refractivity contribution in [3.8, 4) is 0 Å². The minimum Gasteiger partial charge on any atom is -0.391 e. The van der Waals surface area contributed by atoms with E-state index in [1.165, 1.54) is 0 Å². The highest BCUT2D eigenvalue weighted by Gasteiger charge is 2.25. The molecule has 1 heterocycles.